The Morgan fingerprint density at radius 1 is 1.14 bits per heavy atom. The van der Waals surface area contributed by atoms with E-state index in [4.69, 9.17) is 21.1 Å². The lowest BCUT2D eigenvalue weighted by Crippen LogP contribution is -2.19. The highest BCUT2D eigenvalue weighted by molar-refractivity contribution is 8.18. The van der Waals surface area contributed by atoms with Crippen LogP contribution in [-0.4, -0.2) is 22.2 Å². The summed E-state index contributed by atoms with van der Waals surface area (Å²) in [6.07, 6.45) is 1.63. The minimum Gasteiger partial charge on any atom is -0.478 e. The van der Waals surface area contributed by atoms with Crippen molar-refractivity contribution in [2.45, 2.75) is 0 Å². The maximum absolute atomic E-state index is 12.2. The highest BCUT2D eigenvalue weighted by Crippen LogP contribution is 2.30. The van der Waals surface area contributed by atoms with Crippen LogP contribution in [0.3, 0.4) is 0 Å². The minimum absolute atomic E-state index is 0.127. The molecule has 0 atom stereocenters. The van der Waals surface area contributed by atoms with Crippen molar-refractivity contribution in [3.05, 3.63) is 81.9 Å². The number of carbonyl (C=O) groups excluding carboxylic acids is 1. The summed E-state index contributed by atoms with van der Waals surface area (Å²) in [7, 11) is 0. The van der Waals surface area contributed by atoms with Crippen LogP contribution >= 0.6 is 23.4 Å². The number of halogens is 1. The maximum Gasteiger partial charge on any atom is 0.335 e. The molecule has 0 unspecified atom stereocenters. The lowest BCUT2D eigenvalue weighted by Gasteiger charge is -1.98. The number of thioether (sulfide) groups is 1. The summed E-state index contributed by atoms with van der Waals surface area (Å²) in [5.41, 5.74) is 1.45. The van der Waals surface area contributed by atoms with Crippen LogP contribution in [0.5, 0.6) is 0 Å². The number of amidine groups is 1. The standard InChI is InChI=1S/C21H13ClN2O4S/c22-14-6-4-12(5-7-14)17-9-8-16(28-17)11-18-19(25)24-21(29-18)23-15-3-1-2-13(10-15)20(26)27/h1-11H,(H,26,27)(H,23,24,25). The first-order valence-electron chi connectivity index (χ1n) is 8.47. The molecule has 2 N–H and O–H groups in total. The van der Waals surface area contributed by atoms with Crippen molar-refractivity contribution in [3.63, 3.8) is 0 Å². The van der Waals surface area contributed by atoms with E-state index in [0.29, 0.717) is 32.3 Å². The molecule has 0 spiro atoms. The second-order valence-corrected chi connectivity index (χ2v) is 7.51. The van der Waals surface area contributed by atoms with Gasteiger partial charge in [-0.05, 0) is 66.4 Å². The monoisotopic (exact) mass is 424 g/mol. The summed E-state index contributed by atoms with van der Waals surface area (Å²) in [4.78, 5) is 28.0. The van der Waals surface area contributed by atoms with Crippen LogP contribution in [0.2, 0.25) is 5.02 Å². The molecule has 3 aromatic rings. The number of benzene rings is 2. The molecule has 1 amide bonds. The number of furan rings is 1. The zero-order chi connectivity index (χ0) is 20.4. The Bertz CT molecular complexity index is 1170. The van der Waals surface area contributed by atoms with Gasteiger partial charge < -0.3 is 14.8 Å². The molecule has 6 nitrogen and oxygen atoms in total. The molecule has 1 saturated heterocycles. The summed E-state index contributed by atoms with van der Waals surface area (Å²) < 4.78 is 5.80. The Labute approximate surface area is 174 Å². The number of rotatable bonds is 4. The predicted molar refractivity (Wildman–Crippen MR) is 113 cm³/mol. The van der Waals surface area contributed by atoms with E-state index in [0.717, 1.165) is 17.3 Å². The third kappa shape index (κ3) is 4.42. The molecule has 0 radical (unpaired) electrons. The van der Waals surface area contributed by atoms with Crippen LogP contribution in [0.1, 0.15) is 16.1 Å². The molecule has 0 bridgehead atoms. The quantitative estimate of drug-likeness (QED) is 0.562. The van der Waals surface area contributed by atoms with Crippen molar-refractivity contribution in [1.82, 2.24) is 5.32 Å². The Kier molecular flexibility index (Phi) is 5.24. The Morgan fingerprint density at radius 2 is 1.93 bits per heavy atom. The lowest BCUT2D eigenvalue weighted by atomic mass is 10.2. The molecule has 2 aromatic carbocycles. The summed E-state index contributed by atoms with van der Waals surface area (Å²) in [6, 6.07) is 17.0. The molecule has 2 heterocycles. The number of hydrogen-bond donors (Lipinski definition) is 2. The summed E-state index contributed by atoms with van der Waals surface area (Å²) in [6.45, 7) is 0. The second kappa shape index (κ2) is 7.98. The van der Waals surface area contributed by atoms with Gasteiger partial charge in [0.05, 0.1) is 16.2 Å². The largest absolute Gasteiger partial charge is 0.478 e. The summed E-state index contributed by atoms with van der Waals surface area (Å²) in [5.74, 6) is -0.143. The van der Waals surface area contributed by atoms with Gasteiger partial charge in [-0.2, -0.15) is 0 Å². The number of aromatic carboxylic acids is 1. The molecule has 0 saturated carbocycles. The van der Waals surface area contributed by atoms with Gasteiger partial charge in [0.2, 0.25) is 0 Å². The fourth-order valence-corrected chi connectivity index (χ4v) is 3.58. The Hall–Kier alpha value is -3.29. The van der Waals surface area contributed by atoms with Gasteiger partial charge in [-0.15, -0.1) is 0 Å². The van der Waals surface area contributed by atoms with Gasteiger partial charge in [-0.25, -0.2) is 9.79 Å². The zero-order valence-corrected chi connectivity index (χ0v) is 16.3. The predicted octanol–water partition coefficient (Wildman–Crippen LogP) is 5.19. The molecule has 29 heavy (non-hydrogen) atoms. The minimum atomic E-state index is -1.04. The number of carboxylic acids is 1. The zero-order valence-electron chi connectivity index (χ0n) is 14.8. The number of carbonyl (C=O) groups is 2. The number of carboxylic acid groups (broad SMARTS) is 1. The van der Waals surface area contributed by atoms with E-state index in [-0.39, 0.29) is 11.5 Å². The average Bonchev–Trinajstić information content (AvgIpc) is 3.30. The van der Waals surface area contributed by atoms with E-state index in [1.54, 1.807) is 36.4 Å². The highest BCUT2D eigenvalue weighted by Gasteiger charge is 2.24. The van der Waals surface area contributed by atoms with Crippen LogP contribution in [0.15, 0.2) is 75.0 Å². The Balaban J connectivity index is 1.54. The van der Waals surface area contributed by atoms with Gasteiger partial charge in [0.1, 0.15) is 11.5 Å². The SMILES string of the molecule is O=C1NC(=Nc2cccc(C(=O)O)c2)SC1=Cc1ccc(-c2ccc(Cl)cc2)o1. The van der Waals surface area contributed by atoms with Crippen molar-refractivity contribution < 1.29 is 19.1 Å². The van der Waals surface area contributed by atoms with Crippen molar-refractivity contribution >= 4 is 52.2 Å². The lowest BCUT2D eigenvalue weighted by molar-refractivity contribution is -0.115. The van der Waals surface area contributed by atoms with Gasteiger partial charge in [0.15, 0.2) is 5.17 Å². The van der Waals surface area contributed by atoms with Crippen molar-refractivity contribution in [2.24, 2.45) is 4.99 Å². The number of amides is 1. The van der Waals surface area contributed by atoms with Gasteiger partial charge in [-0.3, -0.25) is 4.79 Å². The summed E-state index contributed by atoms with van der Waals surface area (Å²) >= 11 is 7.06. The van der Waals surface area contributed by atoms with E-state index in [9.17, 15) is 9.59 Å². The maximum atomic E-state index is 12.2. The average molecular weight is 425 g/mol. The third-order valence-corrected chi connectivity index (χ3v) is 5.17. The normalized spacial score (nSPS) is 16.4. The van der Waals surface area contributed by atoms with Crippen LogP contribution < -0.4 is 5.32 Å². The molecule has 1 aromatic heterocycles. The van der Waals surface area contributed by atoms with Crippen LogP contribution in [0.4, 0.5) is 5.69 Å². The molecule has 8 heteroatoms. The number of aliphatic imine (C=N–C) groups is 1. The Morgan fingerprint density at radius 3 is 2.69 bits per heavy atom. The van der Waals surface area contributed by atoms with E-state index in [1.807, 2.05) is 18.2 Å². The number of nitrogens with one attached hydrogen (secondary N) is 1. The van der Waals surface area contributed by atoms with Crippen molar-refractivity contribution in [1.29, 1.82) is 0 Å². The molecule has 1 aliphatic rings. The first kappa shape index (κ1) is 19.0. The highest BCUT2D eigenvalue weighted by atomic mass is 35.5. The van der Waals surface area contributed by atoms with E-state index >= 15 is 0 Å². The molecule has 0 aliphatic carbocycles. The van der Waals surface area contributed by atoms with Gasteiger partial charge >= 0.3 is 5.97 Å². The van der Waals surface area contributed by atoms with E-state index < -0.39 is 5.97 Å². The molecular formula is C21H13ClN2O4S. The van der Waals surface area contributed by atoms with Gasteiger partial charge in [-0.1, -0.05) is 17.7 Å². The van der Waals surface area contributed by atoms with Crippen LogP contribution in [0, 0.1) is 0 Å². The number of hydrogen-bond acceptors (Lipinski definition) is 5. The third-order valence-electron chi connectivity index (χ3n) is 4.00. The molecule has 4 rings (SSSR count). The first-order valence-corrected chi connectivity index (χ1v) is 9.66. The fraction of sp³-hybridized carbons (Fsp3) is 0. The van der Waals surface area contributed by atoms with Crippen LogP contribution in [-0.2, 0) is 4.79 Å². The second-order valence-electron chi connectivity index (χ2n) is 6.05. The van der Waals surface area contributed by atoms with Crippen molar-refractivity contribution in [3.8, 4) is 11.3 Å². The fourth-order valence-electron chi connectivity index (χ4n) is 2.64. The molecule has 1 aliphatic heterocycles. The molecule has 1 fully saturated rings. The van der Waals surface area contributed by atoms with Gasteiger partial charge in [0.25, 0.3) is 5.91 Å². The van der Waals surface area contributed by atoms with Crippen molar-refractivity contribution in [2.75, 3.05) is 0 Å². The summed E-state index contributed by atoms with van der Waals surface area (Å²) in [5, 5.41) is 12.7. The van der Waals surface area contributed by atoms with E-state index in [2.05, 4.69) is 10.3 Å². The topological polar surface area (TPSA) is 91.9 Å². The molecule has 144 valence electrons. The smallest absolute Gasteiger partial charge is 0.335 e. The van der Waals surface area contributed by atoms with Crippen LogP contribution in [0.25, 0.3) is 17.4 Å². The first-order chi connectivity index (χ1) is 14.0. The van der Waals surface area contributed by atoms with Gasteiger partial charge in [0, 0.05) is 16.7 Å². The van der Waals surface area contributed by atoms with E-state index in [1.165, 1.54) is 12.1 Å². The molecular weight excluding hydrogens is 412 g/mol. The number of nitrogens with zero attached hydrogens (tertiary/aromatic N) is 1.